The molecule has 0 unspecified atom stereocenters. The van der Waals surface area contributed by atoms with Crippen LogP contribution in [0.15, 0.2) is 54.7 Å². The Morgan fingerprint density at radius 3 is 2.33 bits per heavy atom. The number of carbonyl (C=O) groups is 4. The molecule has 1 aliphatic heterocycles. The van der Waals surface area contributed by atoms with Crippen LogP contribution in [0.25, 0.3) is 10.9 Å². The Morgan fingerprint density at radius 2 is 1.64 bits per heavy atom. The van der Waals surface area contributed by atoms with E-state index in [2.05, 4.69) is 10.1 Å². The van der Waals surface area contributed by atoms with Crippen LogP contribution in [-0.2, 0) is 20.9 Å². The number of benzene rings is 2. The van der Waals surface area contributed by atoms with Gasteiger partial charge in [-0.05, 0) is 49.6 Å². The Hall–Kier alpha value is -3.94. The van der Waals surface area contributed by atoms with Gasteiger partial charge in [-0.25, -0.2) is 4.79 Å². The van der Waals surface area contributed by atoms with E-state index in [0.29, 0.717) is 16.6 Å². The lowest BCUT2D eigenvalue weighted by molar-refractivity contribution is -0.132. The van der Waals surface area contributed by atoms with Crippen molar-refractivity contribution < 1.29 is 23.9 Å². The number of esters is 1. The maximum atomic E-state index is 13.0. The van der Waals surface area contributed by atoms with Crippen LogP contribution in [0, 0.1) is 0 Å². The summed E-state index contributed by atoms with van der Waals surface area (Å²) in [6.45, 7) is 1.62. The molecule has 2 aromatic carbocycles. The molecule has 1 fully saturated rings. The molecule has 4 rings (SSSR count). The van der Waals surface area contributed by atoms with Crippen LogP contribution in [0.3, 0.4) is 0 Å². The standard InChI is InChI=1S/C25H25N3O5/c1-33-25(32)17-9-11-18(12-10-17)26-24(31)23(30)20-15-28(21-8-4-3-7-19(20)21)16-22(29)27-13-5-2-6-14-27/h3-4,7-12,15H,2,5-6,13-14,16H2,1H3,(H,26,31). The van der Waals surface area contributed by atoms with Gasteiger partial charge >= 0.3 is 5.97 Å². The molecule has 8 heteroatoms. The molecule has 0 bridgehead atoms. The molecular formula is C25H25N3O5. The third-order valence-electron chi connectivity index (χ3n) is 5.82. The number of nitrogens with one attached hydrogen (secondary N) is 1. The van der Waals surface area contributed by atoms with Crippen LogP contribution in [0.1, 0.15) is 40.0 Å². The number of rotatable bonds is 6. The fraction of sp³-hybridized carbons (Fsp3) is 0.280. The topological polar surface area (TPSA) is 97.7 Å². The van der Waals surface area contributed by atoms with E-state index in [-0.39, 0.29) is 18.0 Å². The van der Waals surface area contributed by atoms with Gasteiger partial charge in [0.1, 0.15) is 6.54 Å². The molecule has 2 amide bonds. The Kier molecular flexibility index (Phi) is 6.53. The molecule has 0 aliphatic carbocycles. The predicted molar refractivity (Wildman–Crippen MR) is 123 cm³/mol. The second-order valence-electron chi connectivity index (χ2n) is 7.98. The van der Waals surface area contributed by atoms with E-state index >= 15 is 0 Å². The van der Waals surface area contributed by atoms with Crippen molar-refractivity contribution in [2.45, 2.75) is 25.8 Å². The summed E-state index contributed by atoms with van der Waals surface area (Å²) in [5, 5.41) is 3.18. The van der Waals surface area contributed by atoms with E-state index < -0.39 is 17.7 Å². The smallest absolute Gasteiger partial charge is 0.337 e. The Morgan fingerprint density at radius 1 is 0.939 bits per heavy atom. The van der Waals surface area contributed by atoms with Gasteiger partial charge in [0.25, 0.3) is 11.7 Å². The number of amides is 2. The molecule has 1 N–H and O–H groups in total. The van der Waals surface area contributed by atoms with Crippen molar-refractivity contribution in [3.8, 4) is 0 Å². The van der Waals surface area contributed by atoms with E-state index in [1.165, 1.54) is 31.4 Å². The molecule has 0 atom stereocenters. The molecule has 33 heavy (non-hydrogen) atoms. The molecule has 0 radical (unpaired) electrons. The third-order valence-corrected chi connectivity index (χ3v) is 5.82. The lowest BCUT2D eigenvalue weighted by atomic mass is 10.1. The first-order chi connectivity index (χ1) is 16.0. The highest BCUT2D eigenvalue weighted by atomic mass is 16.5. The zero-order chi connectivity index (χ0) is 23.4. The summed E-state index contributed by atoms with van der Waals surface area (Å²) in [6.07, 6.45) is 4.72. The first-order valence-electron chi connectivity index (χ1n) is 10.9. The fourth-order valence-electron chi connectivity index (χ4n) is 4.07. The summed E-state index contributed by atoms with van der Waals surface area (Å²) in [6, 6.07) is 13.3. The summed E-state index contributed by atoms with van der Waals surface area (Å²) >= 11 is 0. The zero-order valence-corrected chi connectivity index (χ0v) is 18.4. The second-order valence-corrected chi connectivity index (χ2v) is 7.98. The van der Waals surface area contributed by atoms with Gasteiger partial charge in [-0.2, -0.15) is 0 Å². The highest BCUT2D eigenvalue weighted by Crippen LogP contribution is 2.23. The van der Waals surface area contributed by atoms with Gasteiger partial charge < -0.3 is 19.5 Å². The number of carbonyl (C=O) groups excluding carboxylic acids is 4. The SMILES string of the molecule is COC(=O)c1ccc(NC(=O)C(=O)c2cn(CC(=O)N3CCCCC3)c3ccccc23)cc1. The quantitative estimate of drug-likeness (QED) is 0.355. The first kappa shape index (κ1) is 22.3. The molecule has 1 aliphatic rings. The molecule has 3 aromatic rings. The first-order valence-corrected chi connectivity index (χ1v) is 10.9. The number of aromatic nitrogens is 1. The van der Waals surface area contributed by atoms with E-state index in [1.54, 1.807) is 22.9 Å². The van der Waals surface area contributed by atoms with Crippen molar-refractivity contribution >= 4 is 40.2 Å². The Bertz CT molecular complexity index is 1210. The minimum atomic E-state index is -0.800. The van der Waals surface area contributed by atoms with Crippen LogP contribution in [0.4, 0.5) is 5.69 Å². The van der Waals surface area contributed by atoms with Crippen molar-refractivity contribution in [1.82, 2.24) is 9.47 Å². The average Bonchev–Trinajstić information content (AvgIpc) is 3.22. The zero-order valence-electron chi connectivity index (χ0n) is 18.4. The number of para-hydroxylation sites is 1. The van der Waals surface area contributed by atoms with Crippen LogP contribution in [-0.4, -0.2) is 53.2 Å². The number of fused-ring (bicyclic) bond motifs is 1. The fourth-order valence-corrected chi connectivity index (χ4v) is 4.07. The largest absolute Gasteiger partial charge is 0.465 e. The summed E-state index contributed by atoms with van der Waals surface area (Å²) in [5.74, 6) is -1.99. The molecule has 1 saturated heterocycles. The van der Waals surface area contributed by atoms with E-state index in [4.69, 9.17) is 0 Å². The molecule has 1 aromatic heterocycles. The van der Waals surface area contributed by atoms with Gasteiger partial charge in [-0.3, -0.25) is 14.4 Å². The minimum absolute atomic E-state index is 0.00426. The summed E-state index contributed by atoms with van der Waals surface area (Å²) in [5.41, 5.74) is 1.68. The van der Waals surface area contributed by atoms with Crippen LogP contribution in [0.5, 0.6) is 0 Å². The number of ketones is 1. The molecule has 8 nitrogen and oxygen atoms in total. The van der Waals surface area contributed by atoms with Gasteiger partial charge in [0, 0.05) is 35.9 Å². The number of anilines is 1. The number of ether oxygens (including phenoxy) is 1. The number of Topliss-reactive ketones (excluding diaryl/α,β-unsaturated/α-hetero) is 1. The van der Waals surface area contributed by atoms with Gasteiger partial charge in [0.05, 0.1) is 18.2 Å². The van der Waals surface area contributed by atoms with Crippen LogP contribution in [0.2, 0.25) is 0 Å². The second kappa shape index (κ2) is 9.68. The third kappa shape index (κ3) is 4.79. The Balaban J connectivity index is 1.53. The summed E-state index contributed by atoms with van der Waals surface area (Å²) in [7, 11) is 1.28. The molecular weight excluding hydrogens is 422 g/mol. The lowest BCUT2D eigenvalue weighted by Crippen LogP contribution is -2.37. The van der Waals surface area contributed by atoms with Crippen LogP contribution >= 0.6 is 0 Å². The Labute approximate surface area is 191 Å². The predicted octanol–water partition coefficient (Wildman–Crippen LogP) is 3.26. The van der Waals surface area contributed by atoms with Crippen molar-refractivity contribution in [2.24, 2.45) is 0 Å². The average molecular weight is 447 g/mol. The number of hydrogen-bond donors (Lipinski definition) is 1. The molecule has 0 spiro atoms. The van der Waals surface area contributed by atoms with Crippen molar-refractivity contribution in [1.29, 1.82) is 0 Å². The van der Waals surface area contributed by atoms with Gasteiger partial charge in [-0.15, -0.1) is 0 Å². The maximum Gasteiger partial charge on any atom is 0.337 e. The van der Waals surface area contributed by atoms with Gasteiger partial charge in [-0.1, -0.05) is 18.2 Å². The molecule has 2 heterocycles. The van der Waals surface area contributed by atoms with E-state index in [9.17, 15) is 19.2 Å². The molecule has 170 valence electrons. The van der Waals surface area contributed by atoms with Crippen LogP contribution < -0.4 is 5.32 Å². The normalized spacial score (nSPS) is 13.5. The van der Waals surface area contributed by atoms with E-state index in [1.807, 2.05) is 17.0 Å². The minimum Gasteiger partial charge on any atom is -0.465 e. The number of piperidine rings is 1. The van der Waals surface area contributed by atoms with Crippen molar-refractivity contribution in [3.63, 3.8) is 0 Å². The van der Waals surface area contributed by atoms with Gasteiger partial charge in [0.2, 0.25) is 5.91 Å². The monoisotopic (exact) mass is 447 g/mol. The summed E-state index contributed by atoms with van der Waals surface area (Å²) < 4.78 is 6.39. The highest BCUT2D eigenvalue weighted by molar-refractivity contribution is 6.48. The van der Waals surface area contributed by atoms with Crippen molar-refractivity contribution in [3.05, 3.63) is 65.9 Å². The lowest BCUT2D eigenvalue weighted by Gasteiger charge is -2.27. The number of likely N-dealkylation sites (tertiary alicyclic amines) is 1. The van der Waals surface area contributed by atoms with Gasteiger partial charge in [0.15, 0.2) is 0 Å². The number of hydrogen-bond acceptors (Lipinski definition) is 5. The number of methoxy groups -OCH3 is 1. The van der Waals surface area contributed by atoms with E-state index in [0.717, 1.165) is 37.9 Å². The van der Waals surface area contributed by atoms with Crippen molar-refractivity contribution in [2.75, 3.05) is 25.5 Å². The molecule has 0 saturated carbocycles. The maximum absolute atomic E-state index is 13.0. The highest BCUT2D eigenvalue weighted by Gasteiger charge is 2.24. The summed E-state index contributed by atoms with van der Waals surface area (Å²) in [4.78, 5) is 51.8. The number of nitrogens with zero attached hydrogens (tertiary/aromatic N) is 2.